The summed E-state index contributed by atoms with van der Waals surface area (Å²) in [5.74, 6) is 2.08. The van der Waals surface area contributed by atoms with Gasteiger partial charge in [-0.15, -0.1) is 0 Å². The SMILES string of the molecule is CCN(C=O)CC(CCC(C)C)C(C)C. The molecule has 0 N–H and O–H groups in total. The number of hydrogen-bond donors (Lipinski definition) is 0. The first-order valence-corrected chi connectivity index (χ1v) is 6.20. The Bertz CT molecular complexity index is 166. The maximum atomic E-state index is 10.8. The van der Waals surface area contributed by atoms with Crippen LogP contribution in [-0.2, 0) is 4.79 Å². The minimum Gasteiger partial charge on any atom is -0.345 e. The van der Waals surface area contributed by atoms with Gasteiger partial charge in [-0.2, -0.15) is 0 Å². The van der Waals surface area contributed by atoms with Crippen molar-refractivity contribution >= 4 is 6.41 Å². The molecule has 0 aliphatic carbocycles. The van der Waals surface area contributed by atoms with Crippen LogP contribution in [0.4, 0.5) is 0 Å². The highest BCUT2D eigenvalue weighted by atomic mass is 16.1. The minimum atomic E-state index is 0.651. The smallest absolute Gasteiger partial charge is 0.209 e. The number of rotatable bonds is 8. The summed E-state index contributed by atoms with van der Waals surface area (Å²) in [5.41, 5.74) is 0. The Morgan fingerprint density at radius 3 is 2.07 bits per heavy atom. The maximum absolute atomic E-state index is 10.8. The molecule has 0 aromatic heterocycles. The van der Waals surface area contributed by atoms with E-state index in [0.29, 0.717) is 11.8 Å². The van der Waals surface area contributed by atoms with Crippen LogP contribution in [0, 0.1) is 17.8 Å². The average molecular weight is 213 g/mol. The molecule has 1 amide bonds. The average Bonchev–Trinajstić information content (AvgIpc) is 2.17. The first-order valence-electron chi connectivity index (χ1n) is 6.20. The fourth-order valence-electron chi connectivity index (χ4n) is 1.73. The standard InChI is InChI=1S/C13H27NO/c1-6-14(10-15)9-13(12(4)5)8-7-11(2)3/h10-13H,6-9H2,1-5H3. The first kappa shape index (κ1) is 14.5. The molecule has 0 saturated heterocycles. The summed E-state index contributed by atoms with van der Waals surface area (Å²) in [6.45, 7) is 12.8. The molecule has 0 aliphatic rings. The van der Waals surface area contributed by atoms with Crippen molar-refractivity contribution in [1.82, 2.24) is 4.90 Å². The first-order chi connectivity index (χ1) is 7.01. The van der Waals surface area contributed by atoms with E-state index in [4.69, 9.17) is 0 Å². The fraction of sp³-hybridized carbons (Fsp3) is 0.923. The second-order valence-electron chi connectivity index (χ2n) is 5.17. The molecule has 2 nitrogen and oxygen atoms in total. The Hall–Kier alpha value is -0.530. The maximum Gasteiger partial charge on any atom is 0.209 e. The molecule has 0 radical (unpaired) electrons. The highest BCUT2D eigenvalue weighted by molar-refractivity contribution is 5.46. The lowest BCUT2D eigenvalue weighted by atomic mass is 9.88. The Labute approximate surface area is 95.0 Å². The van der Waals surface area contributed by atoms with Crippen LogP contribution in [0.25, 0.3) is 0 Å². The molecule has 90 valence electrons. The predicted octanol–water partition coefficient (Wildman–Crippen LogP) is 3.17. The number of carbonyl (C=O) groups is 1. The normalized spacial score (nSPS) is 13.3. The van der Waals surface area contributed by atoms with E-state index in [1.54, 1.807) is 0 Å². The molecule has 0 fully saturated rings. The van der Waals surface area contributed by atoms with Crippen molar-refractivity contribution in [1.29, 1.82) is 0 Å². The lowest BCUT2D eigenvalue weighted by Crippen LogP contribution is -2.30. The summed E-state index contributed by atoms with van der Waals surface area (Å²) in [7, 11) is 0. The Balaban J connectivity index is 4.08. The van der Waals surface area contributed by atoms with Crippen molar-refractivity contribution in [3.8, 4) is 0 Å². The molecule has 0 aromatic rings. The third-order valence-corrected chi connectivity index (χ3v) is 3.08. The molecule has 0 heterocycles. The van der Waals surface area contributed by atoms with Gasteiger partial charge in [-0.3, -0.25) is 4.79 Å². The van der Waals surface area contributed by atoms with E-state index in [1.807, 2.05) is 11.8 Å². The molecule has 0 aliphatic heterocycles. The number of nitrogens with zero attached hydrogens (tertiary/aromatic N) is 1. The number of carbonyl (C=O) groups excluding carboxylic acids is 1. The van der Waals surface area contributed by atoms with Crippen LogP contribution in [-0.4, -0.2) is 24.4 Å². The summed E-state index contributed by atoms with van der Waals surface area (Å²) in [6.07, 6.45) is 3.48. The highest BCUT2D eigenvalue weighted by Gasteiger charge is 2.16. The van der Waals surface area contributed by atoms with Gasteiger partial charge in [0, 0.05) is 13.1 Å². The van der Waals surface area contributed by atoms with E-state index in [1.165, 1.54) is 12.8 Å². The molecular formula is C13H27NO. The van der Waals surface area contributed by atoms with Crippen molar-refractivity contribution < 1.29 is 4.79 Å². The molecule has 2 heteroatoms. The molecule has 15 heavy (non-hydrogen) atoms. The molecule has 1 unspecified atom stereocenters. The van der Waals surface area contributed by atoms with E-state index < -0.39 is 0 Å². The molecule has 0 bridgehead atoms. The topological polar surface area (TPSA) is 20.3 Å². The minimum absolute atomic E-state index is 0.651. The second-order valence-corrected chi connectivity index (χ2v) is 5.17. The zero-order chi connectivity index (χ0) is 11.8. The summed E-state index contributed by atoms with van der Waals surface area (Å²) >= 11 is 0. The predicted molar refractivity (Wildman–Crippen MR) is 65.7 cm³/mol. The lowest BCUT2D eigenvalue weighted by molar-refractivity contribution is -0.118. The summed E-state index contributed by atoms with van der Waals surface area (Å²) in [4.78, 5) is 12.6. The van der Waals surface area contributed by atoms with Crippen LogP contribution in [0.1, 0.15) is 47.5 Å². The molecule has 1 atom stereocenters. The Morgan fingerprint density at radius 2 is 1.73 bits per heavy atom. The van der Waals surface area contributed by atoms with Gasteiger partial charge in [-0.25, -0.2) is 0 Å². The van der Waals surface area contributed by atoms with Crippen LogP contribution in [0.5, 0.6) is 0 Å². The van der Waals surface area contributed by atoms with Crippen LogP contribution in [0.2, 0.25) is 0 Å². The van der Waals surface area contributed by atoms with Gasteiger partial charge in [0.1, 0.15) is 0 Å². The monoisotopic (exact) mass is 213 g/mol. The second kappa shape index (κ2) is 7.72. The summed E-state index contributed by atoms with van der Waals surface area (Å²) < 4.78 is 0. The van der Waals surface area contributed by atoms with Gasteiger partial charge in [0.05, 0.1) is 0 Å². The van der Waals surface area contributed by atoms with E-state index in [9.17, 15) is 4.79 Å². The van der Waals surface area contributed by atoms with Crippen LogP contribution in [0.15, 0.2) is 0 Å². The van der Waals surface area contributed by atoms with E-state index in [-0.39, 0.29) is 0 Å². The molecule has 0 aromatic carbocycles. The van der Waals surface area contributed by atoms with Crippen molar-refractivity contribution in [2.24, 2.45) is 17.8 Å². The van der Waals surface area contributed by atoms with E-state index in [2.05, 4.69) is 27.7 Å². The summed E-state index contributed by atoms with van der Waals surface area (Å²) in [5, 5.41) is 0. The Morgan fingerprint density at radius 1 is 1.13 bits per heavy atom. The van der Waals surface area contributed by atoms with Gasteiger partial charge in [0.2, 0.25) is 6.41 Å². The van der Waals surface area contributed by atoms with Crippen molar-refractivity contribution in [2.75, 3.05) is 13.1 Å². The highest BCUT2D eigenvalue weighted by Crippen LogP contribution is 2.20. The van der Waals surface area contributed by atoms with Gasteiger partial charge in [0.25, 0.3) is 0 Å². The quantitative estimate of drug-likeness (QED) is 0.567. The van der Waals surface area contributed by atoms with Crippen molar-refractivity contribution in [3.63, 3.8) is 0 Å². The third kappa shape index (κ3) is 6.53. The van der Waals surface area contributed by atoms with Crippen LogP contribution < -0.4 is 0 Å². The number of amides is 1. The molecule has 0 spiro atoms. The van der Waals surface area contributed by atoms with Crippen molar-refractivity contribution in [3.05, 3.63) is 0 Å². The van der Waals surface area contributed by atoms with Crippen LogP contribution >= 0.6 is 0 Å². The van der Waals surface area contributed by atoms with Gasteiger partial charge in [-0.05, 0) is 31.1 Å². The largest absolute Gasteiger partial charge is 0.345 e. The summed E-state index contributed by atoms with van der Waals surface area (Å²) in [6, 6.07) is 0. The van der Waals surface area contributed by atoms with Gasteiger partial charge in [0.15, 0.2) is 0 Å². The van der Waals surface area contributed by atoms with Crippen LogP contribution in [0.3, 0.4) is 0 Å². The van der Waals surface area contributed by atoms with Gasteiger partial charge >= 0.3 is 0 Å². The molecule has 0 saturated carbocycles. The van der Waals surface area contributed by atoms with Gasteiger partial charge in [-0.1, -0.05) is 34.1 Å². The number of hydrogen-bond acceptors (Lipinski definition) is 1. The van der Waals surface area contributed by atoms with E-state index in [0.717, 1.165) is 25.4 Å². The van der Waals surface area contributed by atoms with Gasteiger partial charge < -0.3 is 4.90 Å². The fourth-order valence-corrected chi connectivity index (χ4v) is 1.73. The third-order valence-electron chi connectivity index (χ3n) is 3.08. The molecular weight excluding hydrogens is 186 g/mol. The molecule has 0 rings (SSSR count). The zero-order valence-corrected chi connectivity index (χ0v) is 11.0. The Kier molecular flexibility index (Phi) is 7.45. The van der Waals surface area contributed by atoms with Crippen molar-refractivity contribution in [2.45, 2.75) is 47.5 Å². The zero-order valence-electron chi connectivity index (χ0n) is 11.0. The lowest BCUT2D eigenvalue weighted by Gasteiger charge is -2.26. The van der Waals surface area contributed by atoms with E-state index >= 15 is 0 Å².